The zero-order valence-corrected chi connectivity index (χ0v) is 12.3. The van der Waals surface area contributed by atoms with Gasteiger partial charge < -0.3 is 9.64 Å². The molecule has 3 heterocycles. The second-order valence-corrected chi connectivity index (χ2v) is 5.40. The lowest BCUT2D eigenvalue weighted by atomic mass is 9.99. The number of anilines is 1. The average molecular weight is 306 g/mol. The Labute approximate surface area is 128 Å². The maximum atomic E-state index is 6.16. The fourth-order valence-electron chi connectivity index (χ4n) is 2.48. The largest absolute Gasteiger partial charge is 0.463 e. The first-order valence-corrected chi connectivity index (χ1v) is 7.31. The lowest BCUT2D eigenvalue weighted by Gasteiger charge is -2.33. The van der Waals surface area contributed by atoms with Crippen LogP contribution in [0.1, 0.15) is 12.8 Å². The first-order chi connectivity index (χ1) is 10.3. The number of nitrogens with zero attached hydrogens (tertiary/aromatic N) is 5. The quantitative estimate of drug-likeness (QED) is 0.863. The van der Waals surface area contributed by atoms with E-state index in [1.54, 1.807) is 24.7 Å². The van der Waals surface area contributed by atoms with Gasteiger partial charge in [-0.15, -0.1) is 0 Å². The van der Waals surface area contributed by atoms with E-state index >= 15 is 0 Å². The third-order valence-corrected chi connectivity index (χ3v) is 3.72. The predicted molar refractivity (Wildman–Crippen MR) is 79.5 cm³/mol. The summed E-state index contributed by atoms with van der Waals surface area (Å²) in [5.74, 6) is 1.21. The van der Waals surface area contributed by atoms with Crippen LogP contribution in [0, 0.1) is 5.92 Å². The summed E-state index contributed by atoms with van der Waals surface area (Å²) in [7, 11) is 0. The first-order valence-electron chi connectivity index (χ1n) is 6.93. The Bertz CT molecular complexity index is 583. The van der Waals surface area contributed by atoms with Crippen LogP contribution in [0.2, 0.25) is 5.02 Å². The van der Waals surface area contributed by atoms with E-state index in [-0.39, 0.29) is 0 Å². The van der Waals surface area contributed by atoms with E-state index < -0.39 is 0 Å². The Balaban J connectivity index is 1.60. The summed E-state index contributed by atoms with van der Waals surface area (Å²) < 4.78 is 5.65. The van der Waals surface area contributed by atoms with Crippen LogP contribution in [0.3, 0.4) is 0 Å². The van der Waals surface area contributed by atoms with Crippen LogP contribution < -0.4 is 9.64 Å². The summed E-state index contributed by atoms with van der Waals surface area (Å²) in [6, 6.07) is 2.20. The van der Waals surface area contributed by atoms with Gasteiger partial charge in [-0.05, 0) is 18.9 Å². The highest BCUT2D eigenvalue weighted by Crippen LogP contribution is 2.26. The maximum Gasteiger partial charge on any atom is 0.316 e. The average Bonchev–Trinajstić information content (AvgIpc) is 2.55. The molecule has 21 heavy (non-hydrogen) atoms. The van der Waals surface area contributed by atoms with E-state index in [2.05, 4.69) is 24.8 Å². The van der Waals surface area contributed by atoms with Gasteiger partial charge in [0.25, 0.3) is 0 Å². The molecule has 0 aliphatic carbocycles. The predicted octanol–water partition coefficient (Wildman–Crippen LogP) is 2.22. The number of aromatic nitrogens is 4. The summed E-state index contributed by atoms with van der Waals surface area (Å²) in [5.41, 5.74) is 0. The number of piperidine rings is 1. The first kappa shape index (κ1) is 14.0. The van der Waals surface area contributed by atoms with E-state index in [0.717, 1.165) is 31.7 Å². The van der Waals surface area contributed by atoms with Crippen molar-refractivity contribution >= 4 is 17.4 Å². The molecule has 0 amide bonds. The number of rotatable bonds is 4. The minimum atomic E-state index is 0.411. The highest BCUT2D eigenvalue weighted by Gasteiger charge is 2.23. The molecular weight excluding hydrogens is 290 g/mol. The molecule has 1 atom stereocenters. The van der Waals surface area contributed by atoms with Crippen LogP contribution in [-0.4, -0.2) is 39.6 Å². The van der Waals surface area contributed by atoms with E-state index in [1.165, 1.54) is 6.33 Å². The molecule has 1 unspecified atom stereocenters. The summed E-state index contributed by atoms with van der Waals surface area (Å²) in [5, 5.41) is 0.588. The van der Waals surface area contributed by atoms with Gasteiger partial charge in [0.2, 0.25) is 0 Å². The topological polar surface area (TPSA) is 64.0 Å². The summed E-state index contributed by atoms with van der Waals surface area (Å²) in [6.07, 6.45) is 8.71. The summed E-state index contributed by atoms with van der Waals surface area (Å²) in [4.78, 5) is 18.5. The van der Waals surface area contributed by atoms with Crippen molar-refractivity contribution in [2.24, 2.45) is 5.92 Å². The lowest BCUT2D eigenvalue weighted by molar-refractivity contribution is 0.214. The molecule has 0 N–H and O–H groups in total. The second-order valence-electron chi connectivity index (χ2n) is 4.99. The third kappa shape index (κ3) is 3.58. The van der Waals surface area contributed by atoms with Gasteiger partial charge in [-0.2, -0.15) is 0 Å². The van der Waals surface area contributed by atoms with Gasteiger partial charge in [0.15, 0.2) is 5.82 Å². The van der Waals surface area contributed by atoms with E-state index in [9.17, 15) is 0 Å². The Morgan fingerprint density at radius 1 is 1.29 bits per heavy atom. The summed E-state index contributed by atoms with van der Waals surface area (Å²) in [6.45, 7) is 2.42. The van der Waals surface area contributed by atoms with Crippen LogP contribution >= 0.6 is 11.6 Å². The molecule has 0 aromatic carbocycles. The molecule has 0 saturated carbocycles. The molecule has 1 saturated heterocycles. The van der Waals surface area contributed by atoms with Crippen LogP contribution in [0.25, 0.3) is 0 Å². The molecule has 0 spiro atoms. The van der Waals surface area contributed by atoms with Crippen molar-refractivity contribution in [2.45, 2.75) is 12.8 Å². The number of hydrogen-bond acceptors (Lipinski definition) is 6. The SMILES string of the molecule is Clc1cncnc1N1CCCC(COc2ncccn2)C1. The highest BCUT2D eigenvalue weighted by atomic mass is 35.5. The molecule has 1 aliphatic heterocycles. The van der Waals surface area contributed by atoms with Crippen molar-refractivity contribution in [3.63, 3.8) is 0 Å². The van der Waals surface area contributed by atoms with E-state index in [4.69, 9.17) is 16.3 Å². The normalized spacial score (nSPS) is 18.5. The second kappa shape index (κ2) is 6.67. The van der Waals surface area contributed by atoms with Crippen molar-refractivity contribution in [2.75, 3.05) is 24.6 Å². The Hall–Kier alpha value is -1.95. The van der Waals surface area contributed by atoms with Crippen molar-refractivity contribution in [1.82, 2.24) is 19.9 Å². The van der Waals surface area contributed by atoms with E-state index in [0.29, 0.717) is 23.6 Å². The van der Waals surface area contributed by atoms with Crippen LogP contribution in [0.5, 0.6) is 6.01 Å². The fourth-order valence-corrected chi connectivity index (χ4v) is 2.71. The molecule has 2 aromatic rings. The van der Waals surface area contributed by atoms with Gasteiger partial charge >= 0.3 is 6.01 Å². The van der Waals surface area contributed by atoms with Crippen molar-refractivity contribution in [3.05, 3.63) is 36.0 Å². The monoisotopic (exact) mass is 305 g/mol. The molecule has 6 nitrogen and oxygen atoms in total. The Morgan fingerprint density at radius 3 is 2.95 bits per heavy atom. The summed E-state index contributed by atoms with van der Waals surface area (Å²) >= 11 is 6.16. The number of ether oxygens (including phenoxy) is 1. The number of hydrogen-bond donors (Lipinski definition) is 0. The lowest BCUT2D eigenvalue weighted by Crippen LogP contribution is -2.38. The van der Waals surface area contributed by atoms with Gasteiger partial charge in [0.1, 0.15) is 11.3 Å². The molecule has 2 aromatic heterocycles. The molecule has 3 rings (SSSR count). The highest BCUT2D eigenvalue weighted by molar-refractivity contribution is 6.32. The number of halogens is 1. The smallest absolute Gasteiger partial charge is 0.316 e. The molecule has 1 fully saturated rings. The zero-order valence-electron chi connectivity index (χ0n) is 11.5. The van der Waals surface area contributed by atoms with Gasteiger partial charge in [-0.3, -0.25) is 0 Å². The fraction of sp³-hybridized carbons (Fsp3) is 0.429. The van der Waals surface area contributed by atoms with Gasteiger partial charge in [-0.1, -0.05) is 11.6 Å². The van der Waals surface area contributed by atoms with E-state index in [1.807, 2.05) is 0 Å². The van der Waals surface area contributed by atoms with Crippen molar-refractivity contribution in [3.8, 4) is 6.01 Å². The molecule has 110 valence electrons. The Morgan fingerprint density at radius 2 is 2.14 bits per heavy atom. The minimum Gasteiger partial charge on any atom is -0.463 e. The molecular formula is C14H16ClN5O. The van der Waals surface area contributed by atoms with Gasteiger partial charge in [0.05, 0.1) is 12.8 Å². The maximum absolute atomic E-state index is 6.16. The third-order valence-electron chi connectivity index (χ3n) is 3.46. The zero-order chi connectivity index (χ0) is 14.5. The van der Waals surface area contributed by atoms with Gasteiger partial charge in [0, 0.05) is 31.4 Å². The van der Waals surface area contributed by atoms with Gasteiger partial charge in [-0.25, -0.2) is 19.9 Å². The standard InChI is InChI=1S/C14H16ClN5O/c15-12-7-16-10-19-13(12)20-6-1-3-11(8-20)9-21-14-17-4-2-5-18-14/h2,4-5,7,10-11H,1,3,6,8-9H2. The molecule has 1 aliphatic rings. The molecule has 0 bridgehead atoms. The Kier molecular flexibility index (Phi) is 4.45. The molecule has 0 radical (unpaired) electrons. The molecule has 7 heteroatoms. The van der Waals surface area contributed by atoms with Crippen LogP contribution in [0.15, 0.2) is 31.0 Å². The van der Waals surface area contributed by atoms with Crippen LogP contribution in [-0.2, 0) is 0 Å². The van der Waals surface area contributed by atoms with Crippen LogP contribution in [0.4, 0.5) is 5.82 Å². The van der Waals surface area contributed by atoms with Crippen molar-refractivity contribution in [1.29, 1.82) is 0 Å². The van der Waals surface area contributed by atoms with Crippen molar-refractivity contribution < 1.29 is 4.74 Å². The minimum absolute atomic E-state index is 0.411.